The lowest BCUT2D eigenvalue weighted by Crippen LogP contribution is -2.39. The van der Waals surface area contributed by atoms with Gasteiger partial charge >= 0.3 is 0 Å². The van der Waals surface area contributed by atoms with Crippen LogP contribution in [0.4, 0.5) is 0 Å². The maximum absolute atomic E-state index is 13.3. The Hall–Kier alpha value is -3.22. The molecule has 0 bridgehead atoms. The van der Waals surface area contributed by atoms with Gasteiger partial charge in [0.15, 0.2) is 0 Å². The van der Waals surface area contributed by atoms with Crippen molar-refractivity contribution in [2.24, 2.45) is 0 Å². The number of aliphatic hydroxyl groups excluding tert-OH is 1. The van der Waals surface area contributed by atoms with Gasteiger partial charge in [0.2, 0.25) is 0 Å². The number of aliphatic hydroxyl groups is 1. The molecule has 4 rings (SSSR count). The summed E-state index contributed by atoms with van der Waals surface area (Å²) in [4.78, 5) is 17.7. The molecule has 0 saturated heterocycles. The molecule has 1 aromatic heterocycles. The van der Waals surface area contributed by atoms with Crippen LogP contribution in [-0.4, -0.2) is 41.5 Å². The van der Waals surface area contributed by atoms with E-state index >= 15 is 0 Å². The predicted octanol–water partition coefficient (Wildman–Crippen LogP) is 5.29. The summed E-state index contributed by atoms with van der Waals surface area (Å²) < 4.78 is 5.73. The molecule has 3 N–H and O–H groups in total. The Kier molecular flexibility index (Phi) is 7.37. The third kappa shape index (κ3) is 5.24. The minimum atomic E-state index is -0.421. The zero-order valence-corrected chi connectivity index (χ0v) is 19.6. The van der Waals surface area contributed by atoms with Gasteiger partial charge in [-0.3, -0.25) is 4.79 Å². The Balaban J connectivity index is 1.58. The number of carbonyl (C=O) groups is 1. The number of ether oxygens (including phenoxy) is 1. The number of rotatable bonds is 9. The third-order valence-electron chi connectivity index (χ3n) is 5.64. The Morgan fingerprint density at radius 3 is 2.58 bits per heavy atom. The summed E-state index contributed by atoms with van der Waals surface area (Å²) in [7, 11) is 0. The molecule has 5 nitrogen and oxygen atoms in total. The highest BCUT2D eigenvalue weighted by Crippen LogP contribution is 2.29. The van der Waals surface area contributed by atoms with Crippen molar-refractivity contribution in [1.82, 2.24) is 10.3 Å². The number of aromatic nitrogens is 1. The normalized spacial score (nSPS) is 12.0. The molecule has 0 unspecified atom stereocenters. The zero-order valence-electron chi connectivity index (χ0n) is 18.8. The van der Waals surface area contributed by atoms with E-state index in [1.165, 1.54) is 4.90 Å². The molecule has 3 aromatic carbocycles. The summed E-state index contributed by atoms with van der Waals surface area (Å²) in [6.45, 7) is 2.19. The number of thioether (sulfide) groups is 1. The lowest BCUT2D eigenvalue weighted by molar-refractivity contribution is 0.0913. The van der Waals surface area contributed by atoms with Crippen molar-refractivity contribution in [3.8, 4) is 16.9 Å². The monoisotopic (exact) mass is 460 g/mol. The average molecular weight is 461 g/mol. The molecule has 0 aliphatic carbocycles. The molecule has 1 amide bonds. The van der Waals surface area contributed by atoms with E-state index in [1.54, 1.807) is 11.8 Å². The smallest absolute Gasteiger partial charge is 0.255 e. The Morgan fingerprint density at radius 2 is 1.85 bits per heavy atom. The number of H-pyrrole nitrogens is 1. The minimum Gasteiger partial charge on any atom is -0.493 e. The fourth-order valence-corrected chi connectivity index (χ4v) is 4.35. The number of aromatic amines is 1. The molecule has 4 aromatic rings. The van der Waals surface area contributed by atoms with Gasteiger partial charge in [-0.2, -0.15) is 0 Å². The summed E-state index contributed by atoms with van der Waals surface area (Å²) in [6.07, 6.45) is 4.50. The fraction of sp³-hybridized carbons (Fsp3) is 0.222. The standard InChI is InChI=1S/C27H28N2O3S/c1-3-32-26-13-10-19(18-8-11-22(33-2)12-9-18)15-24(26)27(31)29-21(17-30)14-20-16-28-25-7-5-4-6-23(20)25/h4-13,15-16,21,28,30H,3,14,17H2,1-2H3,(H,29,31)/t21-/m1/s1. The van der Waals surface area contributed by atoms with Gasteiger partial charge in [-0.15, -0.1) is 11.8 Å². The first kappa shape index (κ1) is 23.0. The Labute approximate surface area is 198 Å². The maximum Gasteiger partial charge on any atom is 0.255 e. The van der Waals surface area contributed by atoms with Gasteiger partial charge in [0.1, 0.15) is 5.75 Å². The van der Waals surface area contributed by atoms with Crippen molar-refractivity contribution >= 4 is 28.6 Å². The summed E-state index contributed by atoms with van der Waals surface area (Å²) in [5, 5.41) is 14.1. The maximum atomic E-state index is 13.3. The summed E-state index contributed by atoms with van der Waals surface area (Å²) in [5.41, 5.74) is 4.52. The number of hydrogen-bond donors (Lipinski definition) is 3. The van der Waals surface area contributed by atoms with Crippen molar-refractivity contribution in [2.75, 3.05) is 19.5 Å². The summed E-state index contributed by atoms with van der Waals surface area (Å²) in [6, 6.07) is 21.5. The van der Waals surface area contributed by atoms with Crippen LogP contribution in [0.5, 0.6) is 5.75 Å². The molecule has 33 heavy (non-hydrogen) atoms. The molecular formula is C27H28N2O3S. The summed E-state index contributed by atoms with van der Waals surface area (Å²) >= 11 is 1.69. The number of fused-ring (bicyclic) bond motifs is 1. The van der Waals surface area contributed by atoms with Gasteiger partial charge < -0.3 is 20.1 Å². The van der Waals surface area contributed by atoms with Crippen LogP contribution in [0.2, 0.25) is 0 Å². The molecule has 6 heteroatoms. The van der Waals surface area contributed by atoms with Crippen LogP contribution in [0, 0.1) is 0 Å². The highest BCUT2D eigenvalue weighted by molar-refractivity contribution is 7.98. The molecule has 0 aliphatic heterocycles. The van der Waals surface area contributed by atoms with Crippen molar-refractivity contribution < 1.29 is 14.6 Å². The van der Waals surface area contributed by atoms with E-state index in [2.05, 4.69) is 34.6 Å². The highest BCUT2D eigenvalue weighted by atomic mass is 32.2. The number of benzene rings is 3. The van der Waals surface area contributed by atoms with E-state index in [4.69, 9.17) is 4.74 Å². The van der Waals surface area contributed by atoms with Crippen molar-refractivity contribution in [2.45, 2.75) is 24.3 Å². The van der Waals surface area contributed by atoms with E-state index < -0.39 is 6.04 Å². The number of amides is 1. The van der Waals surface area contributed by atoms with E-state index in [-0.39, 0.29) is 12.5 Å². The lowest BCUT2D eigenvalue weighted by Gasteiger charge is -2.18. The largest absolute Gasteiger partial charge is 0.493 e. The average Bonchev–Trinajstić information content (AvgIpc) is 3.26. The van der Waals surface area contributed by atoms with Crippen LogP contribution in [0.15, 0.2) is 77.8 Å². The quantitative estimate of drug-likeness (QED) is 0.297. The zero-order chi connectivity index (χ0) is 23.2. The third-order valence-corrected chi connectivity index (χ3v) is 6.39. The molecule has 0 radical (unpaired) electrons. The van der Waals surface area contributed by atoms with Crippen molar-refractivity contribution in [3.05, 3.63) is 84.1 Å². The second-order valence-electron chi connectivity index (χ2n) is 7.79. The van der Waals surface area contributed by atoms with Gasteiger partial charge in [0.25, 0.3) is 5.91 Å². The van der Waals surface area contributed by atoms with Crippen LogP contribution in [0.3, 0.4) is 0 Å². The topological polar surface area (TPSA) is 74.3 Å². The second kappa shape index (κ2) is 10.6. The first-order valence-corrected chi connectivity index (χ1v) is 12.2. The number of nitrogens with one attached hydrogen (secondary N) is 2. The first-order chi connectivity index (χ1) is 16.1. The van der Waals surface area contributed by atoms with Crippen LogP contribution in [0.25, 0.3) is 22.0 Å². The van der Waals surface area contributed by atoms with Gasteiger partial charge in [-0.25, -0.2) is 0 Å². The molecule has 0 spiro atoms. The van der Waals surface area contributed by atoms with E-state index in [1.807, 2.05) is 61.8 Å². The molecule has 1 atom stereocenters. The van der Waals surface area contributed by atoms with E-state index in [0.29, 0.717) is 24.3 Å². The number of hydrogen-bond acceptors (Lipinski definition) is 4. The van der Waals surface area contributed by atoms with Crippen LogP contribution < -0.4 is 10.1 Å². The molecule has 1 heterocycles. The van der Waals surface area contributed by atoms with Crippen LogP contribution >= 0.6 is 11.8 Å². The minimum absolute atomic E-state index is 0.162. The SMILES string of the molecule is CCOc1ccc(-c2ccc(SC)cc2)cc1C(=O)N[C@@H](CO)Cc1c[nH]c2ccccc12. The van der Waals surface area contributed by atoms with Crippen LogP contribution in [-0.2, 0) is 6.42 Å². The van der Waals surface area contributed by atoms with E-state index in [0.717, 1.165) is 27.6 Å². The second-order valence-corrected chi connectivity index (χ2v) is 8.67. The Morgan fingerprint density at radius 1 is 1.09 bits per heavy atom. The Bertz CT molecular complexity index is 1230. The fourth-order valence-electron chi connectivity index (χ4n) is 3.94. The van der Waals surface area contributed by atoms with E-state index in [9.17, 15) is 9.90 Å². The van der Waals surface area contributed by atoms with Gasteiger partial charge in [0.05, 0.1) is 24.8 Å². The van der Waals surface area contributed by atoms with Gasteiger partial charge in [-0.05, 0) is 66.6 Å². The number of para-hydroxylation sites is 1. The molecule has 0 fully saturated rings. The first-order valence-electron chi connectivity index (χ1n) is 11.0. The molecular weight excluding hydrogens is 432 g/mol. The van der Waals surface area contributed by atoms with Gasteiger partial charge in [0, 0.05) is 22.0 Å². The van der Waals surface area contributed by atoms with Crippen LogP contribution in [0.1, 0.15) is 22.8 Å². The molecule has 0 aliphatic rings. The lowest BCUT2D eigenvalue weighted by atomic mass is 10.0. The van der Waals surface area contributed by atoms with Gasteiger partial charge in [-0.1, -0.05) is 36.4 Å². The van der Waals surface area contributed by atoms with Crippen molar-refractivity contribution in [1.29, 1.82) is 0 Å². The predicted molar refractivity (Wildman–Crippen MR) is 135 cm³/mol. The van der Waals surface area contributed by atoms with Crippen molar-refractivity contribution in [3.63, 3.8) is 0 Å². The molecule has 0 saturated carbocycles. The molecule has 170 valence electrons. The summed E-state index contributed by atoms with van der Waals surface area (Å²) in [5.74, 6) is 0.267. The number of carbonyl (C=O) groups excluding carboxylic acids is 1. The highest BCUT2D eigenvalue weighted by Gasteiger charge is 2.19.